The van der Waals surface area contributed by atoms with Crippen LogP contribution in [0.25, 0.3) is 0 Å². The first-order chi connectivity index (χ1) is 11.4. The molecule has 1 atom stereocenters. The smallest absolute Gasteiger partial charge is 0.288 e. The molecule has 6 heteroatoms. The van der Waals surface area contributed by atoms with Crippen LogP contribution in [0.15, 0.2) is 42.5 Å². The van der Waals surface area contributed by atoms with E-state index in [-0.39, 0.29) is 5.92 Å². The Bertz CT molecular complexity index is 771. The second kappa shape index (κ2) is 6.28. The highest BCUT2D eigenvalue weighted by Crippen LogP contribution is 2.36. The van der Waals surface area contributed by atoms with Crippen LogP contribution in [-0.4, -0.2) is 11.1 Å². The third-order valence-electron chi connectivity index (χ3n) is 4.48. The number of hydrogen-bond donors (Lipinski definition) is 2. The van der Waals surface area contributed by atoms with Crippen LogP contribution in [-0.2, 0) is 19.0 Å². The normalized spacial score (nSPS) is 17.2. The summed E-state index contributed by atoms with van der Waals surface area (Å²) in [7, 11) is 0. The van der Waals surface area contributed by atoms with Crippen LogP contribution in [0.1, 0.15) is 45.0 Å². The number of carbonyl (C=O) groups is 1. The van der Waals surface area contributed by atoms with E-state index in [1.54, 1.807) is 23.7 Å². The van der Waals surface area contributed by atoms with Gasteiger partial charge in [-0.3, -0.25) is 10.0 Å². The fourth-order valence-corrected chi connectivity index (χ4v) is 3.22. The van der Waals surface area contributed by atoms with Gasteiger partial charge in [-0.2, -0.15) is 13.2 Å². The highest BCUT2D eigenvalue weighted by Gasteiger charge is 2.31. The van der Waals surface area contributed by atoms with Crippen molar-refractivity contribution < 1.29 is 23.2 Å². The zero-order valence-corrected chi connectivity index (χ0v) is 12.7. The van der Waals surface area contributed by atoms with Crippen LogP contribution in [0, 0.1) is 0 Å². The van der Waals surface area contributed by atoms with Crippen LogP contribution < -0.4 is 5.48 Å². The topological polar surface area (TPSA) is 49.3 Å². The molecule has 0 aromatic heterocycles. The molecular weight excluding hydrogens is 319 g/mol. The molecule has 0 heterocycles. The molecular formula is C18H16F3NO2. The van der Waals surface area contributed by atoms with Crippen LogP contribution >= 0.6 is 0 Å². The summed E-state index contributed by atoms with van der Waals surface area (Å²) >= 11 is 0. The maximum absolute atomic E-state index is 12.9. The Labute approximate surface area is 137 Å². The maximum atomic E-state index is 12.9. The molecule has 0 bridgehead atoms. The van der Waals surface area contributed by atoms with Gasteiger partial charge in [-0.25, -0.2) is 5.48 Å². The first-order valence-corrected chi connectivity index (χ1v) is 7.62. The fourth-order valence-electron chi connectivity index (χ4n) is 3.22. The minimum absolute atomic E-state index is 0.0211. The van der Waals surface area contributed by atoms with Gasteiger partial charge < -0.3 is 0 Å². The zero-order valence-electron chi connectivity index (χ0n) is 12.7. The highest BCUT2D eigenvalue weighted by atomic mass is 19.4. The molecule has 1 amide bonds. The van der Waals surface area contributed by atoms with E-state index < -0.39 is 17.6 Å². The summed E-state index contributed by atoms with van der Waals surface area (Å²) in [5, 5.41) is 8.72. The summed E-state index contributed by atoms with van der Waals surface area (Å²) in [5.41, 5.74) is 3.97. The Hall–Kier alpha value is -2.34. The molecule has 2 aromatic carbocycles. The van der Waals surface area contributed by atoms with Gasteiger partial charge in [0.05, 0.1) is 5.56 Å². The van der Waals surface area contributed by atoms with Gasteiger partial charge in [-0.1, -0.05) is 24.3 Å². The molecule has 1 aliphatic rings. The van der Waals surface area contributed by atoms with Crippen molar-refractivity contribution in [3.05, 3.63) is 70.3 Å². The highest BCUT2D eigenvalue weighted by molar-refractivity contribution is 5.93. The van der Waals surface area contributed by atoms with E-state index >= 15 is 0 Å². The van der Waals surface area contributed by atoms with E-state index in [1.807, 2.05) is 6.07 Å². The number of carbonyl (C=O) groups excluding carboxylic acids is 1. The molecule has 0 saturated heterocycles. The van der Waals surface area contributed by atoms with Gasteiger partial charge in [0.25, 0.3) is 5.91 Å². The summed E-state index contributed by atoms with van der Waals surface area (Å²) in [4.78, 5) is 11.5. The second-order valence-corrected chi connectivity index (χ2v) is 5.99. The minimum atomic E-state index is -4.35. The third kappa shape index (κ3) is 3.28. The first kappa shape index (κ1) is 16.5. The Morgan fingerprint density at radius 2 is 1.92 bits per heavy atom. The Morgan fingerprint density at radius 1 is 1.12 bits per heavy atom. The first-order valence-electron chi connectivity index (χ1n) is 7.62. The Morgan fingerprint density at radius 3 is 2.62 bits per heavy atom. The monoisotopic (exact) mass is 335 g/mol. The predicted octanol–water partition coefficient (Wildman–Crippen LogP) is 4.10. The number of hydroxylamine groups is 1. The van der Waals surface area contributed by atoms with Crippen LogP contribution in [0.3, 0.4) is 0 Å². The number of benzene rings is 2. The number of nitrogens with one attached hydrogen (secondary N) is 1. The van der Waals surface area contributed by atoms with E-state index in [4.69, 9.17) is 5.21 Å². The average Bonchev–Trinajstić information content (AvgIpc) is 2.59. The lowest BCUT2D eigenvalue weighted by Crippen LogP contribution is -2.20. The molecule has 2 aromatic rings. The van der Waals surface area contributed by atoms with E-state index in [2.05, 4.69) is 0 Å². The minimum Gasteiger partial charge on any atom is -0.288 e. The number of fused-ring (bicyclic) bond motifs is 1. The Kier molecular flexibility index (Phi) is 4.32. The molecule has 126 valence electrons. The number of aryl methyl sites for hydroxylation is 1. The Balaban J connectivity index is 1.88. The number of hydrogen-bond acceptors (Lipinski definition) is 2. The largest absolute Gasteiger partial charge is 0.416 e. The van der Waals surface area contributed by atoms with Crippen molar-refractivity contribution in [3.8, 4) is 0 Å². The molecule has 3 rings (SSSR count). The second-order valence-electron chi connectivity index (χ2n) is 5.99. The molecule has 1 unspecified atom stereocenters. The summed E-state index contributed by atoms with van der Waals surface area (Å²) < 4.78 is 38.7. The average molecular weight is 335 g/mol. The van der Waals surface area contributed by atoms with E-state index in [1.165, 1.54) is 12.1 Å². The number of amides is 1. The van der Waals surface area contributed by atoms with Crippen LogP contribution in [0.2, 0.25) is 0 Å². The fraction of sp³-hybridized carbons (Fsp3) is 0.278. The predicted molar refractivity (Wildman–Crippen MR) is 81.9 cm³/mol. The molecule has 0 radical (unpaired) electrons. The van der Waals surface area contributed by atoms with Crippen molar-refractivity contribution in [2.75, 3.05) is 0 Å². The quantitative estimate of drug-likeness (QED) is 0.641. The number of rotatable bonds is 2. The zero-order chi connectivity index (χ0) is 17.3. The number of halogens is 3. The summed E-state index contributed by atoms with van der Waals surface area (Å²) in [6, 6.07) is 10.6. The van der Waals surface area contributed by atoms with Gasteiger partial charge in [0.2, 0.25) is 0 Å². The van der Waals surface area contributed by atoms with E-state index in [0.29, 0.717) is 17.5 Å². The SMILES string of the molecule is O=C(NO)c1ccc2c(c1)CC(c1cccc(C(F)(F)F)c1)CC2. The van der Waals surface area contributed by atoms with Gasteiger partial charge in [0, 0.05) is 5.56 Å². The van der Waals surface area contributed by atoms with Crippen molar-refractivity contribution >= 4 is 5.91 Å². The van der Waals surface area contributed by atoms with Crippen LogP contribution in [0.5, 0.6) is 0 Å². The van der Waals surface area contributed by atoms with Crippen molar-refractivity contribution in [1.29, 1.82) is 0 Å². The molecule has 1 aliphatic carbocycles. The molecule has 2 N–H and O–H groups in total. The van der Waals surface area contributed by atoms with Gasteiger partial charge in [0.1, 0.15) is 0 Å². The van der Waals surface area contributed by atoms with Crippen molar-refractivity contribution in [1.82, 2.24) is 5.48 Å². The van der Waals surface area contributed by atoms with Crippen LogP contribution in [0.4, 0.5) is 13.2 Å². The molecule has 0 saturated carbocycles. The lowest BCUT2D eigenvalue weighted by atomic mass is 9.79. The van der Waals surface area contributed by atoms with Gasteiger partial charge in [-0.15, -0.1) is 0 Å². The van der Waals surface area contributed by atoms with Crippen molar-refractivity contribution in [3.63, 3.8) is 0 Å². The number of alkyl halides is 3. The third-order valence-corrected chi connectivity index (χ3v) is 4.48. The summed E-state index contributed by atoms with van der Waals surface area (Å²) in [5.74, 6) is -0.619. The van der Waals surface area contributed by atoms with Crippen molar-refractivity contribution in [2.45, 2.75) is 31.4 Å². The van der Waals surface area contributed by atoms with Gasteiger partial charge in [0.15, 0.2) is 0 Å². The molecule has 0 aliphatic heterocycles. The van der Waals surface area contributed by atoms with Gasteiger partial charge >= 0.3 is 6.18 Å². The van der Waals surface area contributed by atoms with E-state index in [0.717, 1.165) is 30.0 Å². The lowest BCUT2D eigenvalue weighted by molar-refractivity contribution is -0.137. The van der Waals surface area contributed by atoms with Crippen molar-refractivity contribution in [2.24, 2.45) is 0 Å². The van der Waals surface area contributed by atoms with E-state index in [9.17, 15) is 18.0 Å². The van der Waals surface area contributed by atoms with Gasteiger partial charge in [-0.05, 0) is 60.1 Å². The molecule has 3 nitrogen and oxygen atoms in total. The summed E-state index contributed by atoms with van der Waals surface area (Å²) in [6.45, 7) is 0. The standard InChI is InChI=1S/C18H16F3NO2/c19-18(20,21)16-3-1-2-12(10-16)13-6-4-11-5-7-14(17(23)22-24)9-15(11)8-13/h1-3,5,7,9-10,13,24H,4,6,8H2,(H,22,23). The molecule has 0 spiro atoms. The maximum Gasteiger partial charge on any atom is 0.416 e. The summed E-state index contributed by atoms with van der Waals surface area (Å²) in [6.07, 6.45) is -2.27. The lowest BCUT2D eigenvalue weighted by Gasteiger charge is -2.26. The molecule has 24 heavy (non-hydrogen) atoms. The molecule has 0 fully saturated rings.